The van der Waals surface area contributed by atoms with Crippen LogP contribution in [0.4, 0.5) is 4.39 Å². The lowest BCUT2D eigenvalue weighted by Gasteiger charge is -1.97. The van der Waals surface area contributed by atoms with E-state index in [9.17, 15) is 14.0 Å². The highest BCUT2D eigenvalue weighted by atomic mass is 35.5. The van der Waals surface area contributed by atoms with Gasteiger partial charge in [-0.2, -0.15) is 0 Å². The van der Waals surface area contributed by atoms with Gasteiger partial charge in [0.1, 0.15) is 5.82 Å². The van der Waals surface area contributed by atoms with Crippen LogP contribution in [0.2, 0.25) is 5.02 Å². The highest BCUT2D eigenvalue weighted by molar-refractivity contribution is 6.31. The second-order valence-corrected chi connectivity index (χ2v) is 3.13. The van der Waals surface area contributed by atoms with Crippen molar-refractivity contribution in [3.05, 3.63) is 43.8 Å². The first-order chi connectivity index (χ1) is 6.58. The Kier molecular flexibility index (Phi) is 1.89. The molecule has 14 heavy (non-hydrogen) atoms. The number of aromatic amines is 2. The molecule has 0 aliphatic heterocycles. The van der Waals surface area contributed by atoms with Gasteiger partial charge < -0.3 is 4.98 Å². The third kappa shape index (κ3) is 1.31. The van der Waals surface area contributed by atoms with Crippen LogP contribution in [-0.2, 0) is 0 Å². The lowest BCUT2D eigenvalue weighted by atomic mass is 10.2. The molecule has 0 aliphatic rings. The standard InChI is InChI=1S/C8H4ClFN2O2/c9-4-2-6-3(1-5(4)10)7(13)12-8(14)11-6/h1-2H,(H2,11,12,13,14). The molecule has 1 aromatic heterocycles. The maximum Gasteiger partial charge on any atom is 0.326 e. The Morgan fingerprint density at radius 2 is 1.93 bits per heavy atom. The molecule has 0 radical (unpaired) electrons. The summed E-state index contributed by atoms with van der Waals surface area (Å²) < 4.78 is 13.0. The first-order valence-electron chi connectivity index (χ1n) is 3.69. The molecule has 0 bridgehead atoms. The highest BCUT2D eigenvalue weighted by Gasteiger charge is 2.05. The van der Waals surface area contributed by atoms with Crippen molar-refractivity contribution in [1.82, 2.24) is 9.97 Å². The van der Waals surface area contributed by atoms with Gasteiger partial charge in [0.2, 0.25) is 0 Å². The van der Waals surface area contributed by atoms with Gasteiger partial charge in [0, 0.05) is 0 Å². The Bertz CT molecular complexity index is 617. The summed E-state index contributed by atoms with van der Waals surface area (Å²) in [7, 11) is 0. The van der Waals surface area contributed by atoms with Crippen LogP contribution in [0.25, 0.3) is 10.9 Å². The van der Waals surface area contributed by atoms with Gasteiger partial charge in [-0.15, -0.1) is 0 Å². The fourth-order valence-corrected chi connectivity index (χ4v) is 1.33. The van der Waals surface area contributed by atoms with Gasteiger partial charge in [0.05, 0.1) is 15.9 Å². The number of aromatic nitrogens is 2. The van der Waals surface area contributed by atoms with E-state index in [2.05, 4.69) is 4.98 Å². The SMILES string of the molecule is O=c1[nH]c(=O)c2cc(F)c(Cl)cc2[nH]1. The molecule has 0 atom stereocenters. The molecule has 2 aromatic rings. The molecule has 0 saturated heterocycles. The summed E-state index contributed by atoms with van der Waals surface area (Å²) in [6.07, 6.45) is 0. The molecule has 72 valence electrons. The van der Waals surface area contributed by atoms with Crippen LogP contribution in [-0.4, -0.2) is 9.97 Å². The molecule has 2 rings (SSSR count). The van der Waals surface area contributed by atoms with Gasteiger partial charge >= 0.3 is 5.69 Å². The summed E-state index contributed by atoms with van der Waals surface area (Å²) in [5.74, 6) is -0.697. The lowest BCUT2D eigenvalue weighted by Crippen LogP contribution is -2.21. The molecule has 0 aliphatic carbocycles. The third-order valence-electron chi connectivity index (χ3n) is 1.78. The summed E-state index contributed by atoms with van der Waals surface area (Å²) in [4.78, 5) is 26.4. The van der Waals surface area contributed by atoms with Crippen molar-refractivity contribution in [3.8, 4) is 0 Å². The van der Waals surface area contributed by atoms with Crippen molar-refractivity contribution in [2.45, 2.75) is 0 Å². The zero-order chi connectivity index (χ0) is 10.3. The van der Waals surface area contributed by atoms with Gasteiger partial charge in [-0.25, -0.2) is 9.18 Å². The highest BCUT2D eigenvalue weighted by Crippen LogP contribution is 2.18. The zero-order valence-corrected chi connectivity index (χ0v) is 7.48. The van der Waals surface area contributed by atoms with E-state index in [1.807, 2.05) is 4.98 Å². The minimum atomic E-state index is -0.697. The van der Waals surface area contributed by atoms with Crippen molar-refractivity contribution in [2.24, 2.45) is 0 Å². The maximum atomic E-state index is 13.0. The topological polar surface area (TPSA) is 65.7 Å². The average molecular weight is 215 g/mol. The number of benzene rings is 1. The molecule has 2 N–H and O–H groups in total. The molecule has 0 fully saturated rings. The molecule has 1 aromatic carbocycles. The van der Waals surface area contributed by atoms with Crippen LogP contribution in [0.1, 0.15) is 0 Å². The van der Waals surface area contributed by atoms with Gasteiger partial charge in [-0.3, -0.25) is 9.78 Å². The van der Waals surface area contributed by atoms with E-state index in [1.54, 1.807) is 0 Å². The number of rotatable bonds is 0. The number of halogens is 2. The normalized spacial score (nSPS) is 10.7. The van der Waals surface area contributed by atoms with Crippen molar-refractivity contribution in [3.63, 3.8) is 0 Å². The van der Waals surface area contributed by atoms with Crippen molar-refractivity contribution in [2.75, 3.05) is 0 Å². The van der Waals surface area contributed by atoms with E-state index in [0.717, 1.165) is 6.07 Å². The fraction of sp³-hybridized carbons (Fsp3) is 0. The molecule has 0 unspecified atom stereocenters. The van der Waals surface area contributed by atoms with Crippen molar-refractivity contribution in [1.29, 1.82) is 0 Å². The fourth-order valence-electron chi connectivity index (χ4n) is 1.16. The molecule has 4 nitrogen and oxygen atoms in total. The first kappa shape index (κ1) is 8.96. The largest absolute Gasteiger partial charge is 0.326 e. The third-order valence-corrected chi connectivity index (χ3v) is 2.07. The quantitative estimate of drug-likeness (QED) is 0.687. The predicted octanol–water partition coefficient (Wildman–Crippen LogP) is 1.01. The Morgan fingerprint density at radius 3 is 2.64 bits per heavy atom. The van der Waals surface area contributed by atoms with Gasteiger partial charge in [0.15, 0.2) is 0 Å². The Hall–Kier alpha value is -1.62. The summed E-state index contributed by atoms with van der Waals surface area (Å²) in [6.45, 7) is 0. The number of H-pyrrole nitrogens is 2. The van der Waals surface area contributed by atoms with Crippen LogP contribution in [0.15, 0.2) is 21.7 Å². The van der Waals surface area contributed by atoms with E-state index >= 15 is 0 Å². The molecule has 6 heteroatoms. The molecular weight excluding hydrogens is 211 g/mol. The molecule has 1 heterocycles. The summed E-state index contributed by atoms with van der Waals surface area (Å²) in [5, 5.41) is -0.0785. The molecule has 0 amide bonds. The Morgan fingerprint density at radius 1 is 1.21 bits per heavy atom. The lowest BCUT2D eigenvalue weighted by molar-refractivity contribution is 0.630. The monoisotopic (exact) mass is 214 g/mol. The van der Waals surface area contributed by atoms with E-state index in [4.69, 9.17) is 11.6 Å². The molecule has 0 spiro atoms. The second-order valence-electron chi connectivity index (χ2n) is 2.72. The van der Waals surface area contributed by atoms with Crippen LogP contribution in [0.5, 0.6) is 0 Å². The summed E-state index contributed by atoms with van der Waals surface area (Å²) in [6, 6.07) is 2.18. The van der Waals surface area contributed by atoms with Crippen LogP contribution in [0, 0.1) is 5.82 Å². The van der Waals surface area contributed by atoms with Crippen molar-refractivity contribution >= 4 is 22.5 Å². The van der Waals surface area contributed by atoms with Gasteiger partial charge in [-0.05, 0) is 12.1 Å². The van der Waals surface area contributed by atoms with Crippen LogP contribution < -0.4 is 11.2 Å². The Balaban J connectivity index is 3.03. The minimum Gasteiger partial charge on any atom is -0.307 e. The summed E-state index contributed by atoms with van der Waals surface area (Å²) >= 11 is 5.48. The smallest absolute Gasteiger partial charge is 0.307 e. The predicted molar refractivity (Wildman–Crippen MR) is 50.2 cm³/mol. The van der Waals surface area contributed by atoms with E-state index in [-0.39, 0.29) is 15.9 Å². The minimum absolute atomic E-state index is 0.0616. The number of fused-ring (bicyclic) bond motifs is 1. The van der Waals surface area contributed by atoms with Gasteiger partial charge in [0.25, 0.3) is 5.56 Å². The summed E-state index contributed by atoms with van der Waals surface area (Å²) in [5.41, 5.74) is -1.07. The number of nitrogens with one attached hydrogen (secondary N) is 2. The van der Waals surface area contributed by atoms with E-state index in [1.165, 1.54) is 6.07 Å². The van der Waals surface area contributed by atoms with Crippen molar-refractivity contribution < 1.29 is 4.39 Å². The van der Waals surface area contributed by atoms with Crippen LogP contribution in [0.3, 0.4) is 0 Å². The van der Waals surface area contributed by atoms with E-state index < -0.39 is 17.1 Å². The molecule has 0 saturated carbocycles. The first-order valence-corrected chi connectivity index (χ1v) is 4.07. The number of hydrogen-bond donors (Lipinski definition) is 2. The number of hydrogen-bond acceptors (Lipinski definition) is 2. The Labute approximate surface area is 81.3 Å². The molecular formula is C8H4ClFN2O2. The average Bonchev–Trinajstić information content (AvgIpc) is 2.08. The maximum absolute atomic E-state index is 13.0. The van der Waals surface area contributed by atoms with Crippen LogP contribution >= 0.6 is 11.6 Å². The van der Waals surface area contributed by atoms with E-state index in [0.29, 0.717) is 0 Å². The second kappa shape index (κ2) is 2.95. The zero-order valence-electron chi connectivity index (χ0n) is 6.73. The van der Waals surface area contributed by atoms with Gasteiger partial charge in [-0.1, -0.05) is 11.6 Å².